The highest BCUT2D eigenvalue weighted by Crippen LogP contribution is 2.11. The highest BCUT2D eigenvalue weighted by Gasteiger charge is 2.27. The van der Waals surface area contributed by atoms with Crippen LogP contribution in [0.1, 0.15) is 5.82 Å². The van der Waals surface area contributed by atoms with Gasteiger partial charge >= 0.3 is 6.18 Å². The molecule has 0 saturated heterocycles. The zero-order chi connectivity index (χ0) is 12.2. The fraction of sp³-hybridized carbons (Fsp3) is 0.429. The maximum absolute atomic E-state index is 11.7. The molecular formula is C7H6F3N5O. The minimum absolute atomic E-state index is 0.149. The van der Waals surface area contributed by atoms with Crippen LogP contribution in [0.5, 0.6) is 0 Å². The Balaban J connectivity index is 2.43. The Bertz CT molecular complexity index is 418. The first-order valence-corrected chi connectivity index (χ1v) is 4.04. The molecule has 0 fully saturated rings. The Hall–Kier alpha value is -2.11. The van der Waals surface area contributed by atoms with Gasteiger partial charge in [0.25, 0.3) is 5.82 Å². The second kappa shape index (κ2) is 4.61. The Morgan fingerprint density at radius 2 is 2.31 bits per heavy atom. The van der Waals surface area contributed by atoms with Gasteiger partial charge in [0.15, 0.2) is 0 Å². The van der Waals surface area contributed by atoms with Crippen molar-refractivity contribution in [3.8, 4) is 6.07 Å². The second-order valence-electron chi connectivity index (χ2n) is 2.77. The number of aromatic nitrogens is 3. The lowest BCUT2D eigenvalue weighted by Crippen LogP contribution is -2.35. The maximum atomic E-state index is 11.7. The molecule has 16 heavy (non-hydrogen) atoms. The average Bonchev–Trinajstić information content (AvgIpc) is 2.61. The number of nitrogens with zero attached hydrogens (tertiary/aromatic N) is 4. The van der Waals surface area contributed by atoms with E-state index in [0.717, 1.165) is 11.0 Å². The van der Waals surface area contributed by atoms with Gasteiger partial charge in [-0.15, -0.1) is 5.10 Å². The average molecular weight is 233 g/mol. The molecule has 86 valence electrons. The zero-order valence-electron chi connectivity index (χ0n) is 7.82. The summed E-state index contributed by atoms with van der Waals surface area (Å²) in [6.45, 7) is -1.81. The first-order chi connectivity index (χ1) is 7.40. The normalized spacial score (nSPS) is 10.9. The summed E-state index contributed by atoms with van der Waals surface area (Å²) >= 11 is 0. The van der Waals surface area contributed by atoms with Crippen LogP contribution in [-0.4, -0.2) is 33.4 Å². The SMILES string of the molecule is N#Cc1ncn(CC(=O)NCC(F)(F)F)n1. The summed E-state index contributed by atoms with van der Waals surface area (Å²) < 4.78 is 36.1. The summed E-state index contributed by atoms with van der Waals surface area (Å²) in [7, 11) is 0. The predicted octanol–water partition coefficient (Wildman–Crippen LogP) is -0.172. The molecule has 0 aliphatic rings. The van der Waals surface area contributed by atoms with Crippen LogP contribution in [0, 0.1) is 11.3 Å². The number of rotatable bonds is 3. The minimum Gasteiger partial charge on any atom is -0.345 e. The van der Waals surface area contributed by atoms with Crippen LogP contribution < -0.4 is 5.32 Å². The summed E-state index contributed by atoms with van der Waals surface area (Å²) in [5.41, 5.74) is 0. The van der Waals surface area contributed by atoms with Crippen molar-refractivity contribution in [1.29, 1.82) is 5.26 Å². The third kappa shape index (κ3) is 3.95. The largest absolute Gasteiger partial charge is 0.405 e. The Morgan fingerprint density at radius 3 is 2.81 bits per heavy atom. The van der Waals surface area contributed by atoms with Crippen molar-refractivity contribution in [3.05, 3.63) is 12.2 Å². The fourth-order valence-electron chi connectivity index (χ4n) is 0.824. The number of nitriles is 1. The molecule has 1 N–H and O–H groups in total. The molecule has 0 radical (unpaired) electrons. The monoisotopic (exact) mass is 233 g/mol. The molecule has 9 heteroatoms. The standard InChI is InChI=1S/C7H6F3N5O/c8-7(9,10)3-12-6(16)2-15-4-13-5(1-11)14-15/h4H,2-3H2,(H,12,16). The van der Waals surface area contributed by atoms with Gasteiger partial charge in [-0.2, -0.15) is 18.4 Å². The molecule has 6 nitrogen and oxygen atoms in total. The molecule has 0 unspecified atom stereocenters. The smallest absolute Gasteiger partial charge is 0.345 e. The summed E-state index contributed by atoms with van der Waals surface area (Å²) in [6.07, 6.45) is -3.36. The van der Waals surface area contributed by atoms with E-state index >= 15 is 0 Å². The second-order valence-corrected chi connectivity index (χ2v) is 2.77. The van der Waals surface area contributed by atoms with Crippen LogP contribution >= 0.6 is 0 Å². The summed E-state index contributed by atoms with van der Waals surface area (Å²) in [5.74, 6) is -1.00. The van der Waals surface area contributed by atoms with Crippen LogP contribution in [0.4, 0.5) is 13.2 Å². The molecule has 1 heterocycles. The number of amides is 1. The van der Waals surface area contributed by atoms with E-state index in [1.54, 1.807) is 11.4 Å². The van der Waals surface area contributed by atoms with Gasteiger partial charge in [-0.1, -0.05) is 0 Å². The van der Waals surface area contributed by atoms with E-state index in [2.05, 4.69) is 10.1 Å². The third-order valence-electron chi connectivity index (χ3n) is 1.43. The lowest BCUT2D eigenvalue weighted by Gasteiger charge is -2.07. The van der Waals surface area contributed by atoms with Crippen molar-refractivity contribution in [2.75, 3.05) is 6.54 Å². The highest BCUT2D eigenvalue weighted by atomic mass is 19.4. The van der Waals surface area contributed by atoms with E-state index in [1.165, 1.54) is 0 Å². The molecule has 1 rings (SSSR count). The van der Waals surface area contributed by atoms with Crippen LogP contribution in [0.3, 0.4) is 0 Å². The predicted molar refractivity (Wildman–Crippen MR) is 43.8 cm³/mol. The molecule has 0 aliphatic carbocycles. The van der Waals surface area contributed by atoms with E-state index in [4.69, 9.17) is 5.26 Å². The van der Waals surface area contributed by atoms with Crippen molar-refractivity contribution in [3.63, 3.8) is 0 Å². The molecule has 1 aromatic heterocycles. The van der Waals surface area contributed by atoms with E-state index in [0.29, 0.717) is 0 Å². The fourth-order valence-corrected chi connectivity index (χ4v) is 0.824. The number of hydrogen-bond acceptors (Lipinski definition) is 4. The van der Waals surface area contributed by atoms with Gasteiger partial charge in [-0.25, -0.2) is 9.67 Å². The zero-order valence-corrected chi connectivity index (χ0v) is 7.82. The molecule has 0 bridgehead atoms. The molecule has 0 atom stereocenters. The summed E-state index contributed by atoms with van der Waals surface area (Å²) in [5, 5.41) is 13.5. The van der Waals surface area contributed by atoms with Gasteiger partial charge in [-0.05, 0) is 0 Å². The Labute approximate surface area is 87.7 Å². The quantitative estimate of drug-likeness (QED) is 0.785. The van der Waals surface area contributed by atoms with Gasteiger partial charge in [0.2, 0.25) is 5.91 Å². The highest BCUT2D eigenvalue weighted by molar-refractivity contribution is 5.75. The van der Waals surface area contributed by atoms with Gasteiger partial charge in [0.05, 0.1) is 0 Å². The third-order valence-corrected chi connectivity index (χ3v) is 1.43. The molecule has 0 aliphatic heterocycles. The molecule has 1 aromatic rings. The first kappa shape index (κ1) is 12.0. The van der Waals surface area contributed by atoms with Crippen LogP contribution in [0.2, 0.25) is 0 Å². The molecule has 0 spiro atoms. The van der Waals surface area contributed by atoms with E-state index in [-0.39, 0.29) is 5.82 Å². The molecule has 1 amide bonds. The summed E-state index contributed by atoms with van der Waals surface area (Å²) in [6, 6.07) is 1.62. The van der Waals surface area contributed by atoms with Gasteiger partial charge in [-0.3, -0.25) is 4.79 Å². The number of halogens is 3. The summed E-state index contributed by atoms with van der Waals surface area (Å²) in [4.78, 5) is 14.5. The number of carbonyl (C=O) groups is 1. The Morgan fingerprint density at radius 1 is 1.62 bits per heavy atom. The first-order valence-electron chi connectivity index (χ1n) is 4.04. The van der Waals surface area contributed by atoms with Crippen molar-refractivity contribution < 1.29 is 18.0 Å². The van der Waals surface area contributed by atoms with Crippen LogP contribution in [0.15, 0.2) is 6.33 Å². The number of hydrogen-bond donors (Lipinski definition) is 1. The van der Waals surface area contributed by atoms with E-state index in [9.17, 15) is 18.0 Å². The van der Waals surface area contributed by atoms with Crippen molar-refractivity contribution in [2.24, 2.45) is 0 Å². The Kier molecular flexibility index (Phi) is 3.44. The minimum atomic E-state index is -4.45. The maximum Gasteiger partial charge on any atom is 0.405 e. The van der Waals surface area contributed by atoms with Gasteiger partial charge in [0, 0.05) is 0 Å². The van der Waals surface area contributed by atoms with Gasteiger partial charge < -0.3 is 5.32 Å². The number of carbonyl (C=O) groups excluding carboxylic acids is 1. The lowest BCUT2D eigenvalue weighted by molar-refractivity contribution is -0.138. The number of alkyl halides is 3. The van der Waals surface area contributed by atoms with Gasteiger partial charge in [0.1, 0.15) is 25.5 Å². The van der Waals surface area contributed by atoms with E-state index < -0.39 is 25.2 Å². The van der Waals surface area contributed by atoms with E-state index in [1.807, 2.05) is 0 Å². The van der Waals surface area contributed by atoms with Crippen molar-refractivity contribution >= 4 is 5.91 Å². The molecule has 0 aromatic carbocycles. The van der Waals surface area contributed by atoms with Crippen molar-refractivity contribution in [1.82, 2.24) is 20.1 Å². The molecule has 0 saturated carbocycles. The van der Waals surface area contributed by atoms with Crippen LogP contribution in [0.25, 0.3) is 0 Å². The molecular weight excluding hydrogens is 227 g/mol. The number of nitrogens with one attached hydrogen (secondary N) is 1. The van der Waals surface area contributed by atoms with Crippen molar-refractivity contribution in [2.45, 2.75) is 12.7 Å². The topological polar surface area (TPSA) is 83.6 Å². The van der Waals surface area contributed by atoms with Crippen LogP contribution in [-0.2, 0) is 11.3 Å². The lowest BCUT2D eigenvalue weighted by atomic mass is 10.5.